The molecule has 8 heteroatoms. The third kappa shape index (κ3) is 3.08. The molecule has 2 N–H and O–H groups in total. The zero-order valence-corrected chi connectivity index (χ0v) is 10.7. The van der Waals surface area contributed by atoms with E-state index in [1.807, 2.05) is 11.8 Å². The summed E-state index contributed by atoms with van der Waals surface area (Å²) in [5.41, 5.74) is 0. The Morgan fingerprint density at radius 1 is 1.63 bits per heavy atom. The molecule has 1 fully saturated rings. The molecule has 104 valence electrons. The molecule has 0 bridgehead atoms. The van der Waals surface area contributed by atoms with E-state index in [-0.39, 0.29) is 12.3 Å². The van der Waals surface area contributed by atoms with Crippen LogP contribution in [0.1, 0.15) is 19.2 Å². The van der Waals surface area contributed by atoms with Gasteiger partial charge < -0.3 is 10.4 Å². The second-order valence-corrected chi connectivity index (χ2v) is 4.37. The fraction of sp³-hybridized carbons (Fsp3) is 0.636. The average Bonchev–Trinajstić information content (AvgIpc) is 2.80. The Morgan fingerprint density at radius 3 is 3.11 bits per heavy atom. The highest BCUT2D eigenvalue weighted by molar-refractivity contribution is 5.86. The number of rotatable bonds is 5. The number of carboxylic acid groups (broad SMARTS) is 1. The first-order valence-corrected chi connectivity index (χ1v) is 6.22. The number of piperazine rings is 1. The van der Waals surface area contributed by atoms with Gasteiger partial charge in [-0.25, -0.2) is 9.67 Å². The van der Waals surface area contributed by atoms with Crippen molar-refractivity contribution in [1.29, 1.82) is 0 Å². The van der Waals surface area contributed by atoms with Crippen molar-refractivity contribution in [2.45, 2.75) is 32.5 Å². The van der Waals surface area contributed by atoms with Gasteiger partial charge in [-0.2, -0.15) is 5.10 Å². The van der Waals surface area contributed by atoms with Gasteiger partial charge in [-0.05, 0) is 6.92 Å². The molecule has 1 amide bonds. The predicted octanol–water partition coefficient (Wildman–Crippen LogP) is -0.927. The highest BCUT2D eigenvalue weighted by Gasteiger charge is 2.32. The molecular weight excluding hydrogens is 250 g/mol. The van der Waals surface area contributed by atoms with Gasteiger partial charge in [0.1, 0.15) is 18.2 Å². The van der Waals surface area contributed by atoms with Gasteiger partial charge in [0.25, 0.3) is 0 Å². The second kappa shape index (κ2) is 5.79. The first-order valence-electron chi connectivity index (χ1n) is 6.22. The number of hydrogen-bond donors (Lipinski definition) is 2. The minimum Gasteiger partial charge on any atom is -0.481 e. The van der Waals surface area contributed by atoms with E-state index in [1.165, 1.54) is 6.33 Å². The summed E-state index contributed by atoms with van der Waals surface area (Å²) in [6, 6.07) is -0.645. The number of amides is 1. The molecule has 8 nitrogen and oxygen atoms in total. The lowest BCUT2D eigenvalue weighted by Gasteiger charge is -2.33. The monoisotopic (exact) mass is 267 g/mol. The van der Waals surface area contributed by atoms with Crippen molar-refractivity contribution in [3.8, 4) is 0 Å². The molecule has 1 aromatic rings. The standard InChI is InChI=1S/C11H17N5O3/c1-2-16-9(13-7-14-16)6-15-4-3-12-11(19)8(15)5-10(17)18/h7-8H,2-6H2,1H3,(H,12,19)(H,17,18). The molecule has 2 rings (SSSR count). The lowest BCUT2D eigenvalue weighted by atomic mass is 10.1. The molecule has 1 unspecified atom stereocenters. The van der Waals surface area contributed by atoms with Crippen molar-refractivity contribution in [3.63, 3.8) is 0 Å². The number of nitrogens with zero attached hydrogens (tertiary/aromatic N) is 4. The summed E-state index contributed by atoms with van der Waals surface area (Å²) in [5, 5.41) is 15.6. The number of hydrogen-bond acceptors (Lipinski definition) is 5. The normalized spacial score (nSPS) is 20.3. The lowest BCUT2D eigenvalue weighted by Crippen LogP contribution is -2.55. The quantitative estimate of drug-likeness (QED) is 0.715. The number of aromatic nitrogens is 3. The van der Waals surface area contributed by atoms with Crippen LogP contribution in [0.25, 0.3) is 0 Å². The number of aliphatic carboxylic acids is 1. The van der Waals surface area contributed by atoms with Gasteiger partial charge in [0, 0.05) is 19.6 Å². The van der Waals surface area contributed by atoms with E-state index in [9.17, 15) is 9.59 Å². The van der Waals surface area contributed by atoms with Crippen LogP contribution in [0.3, 0.4) is 0 Å². The molecule has 1 aromatic heterocycles. The van der Waals surface area contributed by atoms with Crippen LogP contribution in [0.4, 0.5) is 0 Å². The van der Waals surface area contributed by atoms with Gasteiger partial charge >= 0.3 is 5.97 Å². The molecule has 0 aromatic carbocycles. The summed E-state index contributed by atoms with van der Waals surface area (Å²) in [6.45, 7) is 4.21. The van der Waals surface area contributed by atoms with Gasteiger partial charge in [-0.1, -0.05) is 0 Å². The van der Waals surface area contributed by atoms with Crippen molar-refractivity contribution < 1.29 is 14.7 Å². The SMILES string of the molecule is CCn1ncnc1CN1CCNC(=O)C1CC(=O)O. The van der Waals surface area contributed by atoms with Crippen LogP contribution in [-0.4, -0.2) is 55.8 Å². The van der Waals surface area contributed by atoms with Gasteiger partial charge in [-0.3, -0.25) is 14.5 Å². The Bertz CT molecular complexity index is 473. The third-order valence-corrected chi connectivity index (χ3v) is 3.15. The molecule has 0 aliphatic carbocycles. The molecule has 1 aliphatic heterocycles. The van der Waals surface area contributed by atoms with Gasteiger partial charge in [-0.15, -0.1) is 0 Å². The summed E-state index contributed by atoms with van der Waals surface area (Å²) in [5.74, 6) is -0.479. The van der Waals surface area contributed by atoms with Crippen molar-refractivity contribution in [2.24, 2.45) is 0 Å². The highest BCUT2D eigenvalue weighted by atomic mass is 16.4. The number of nitrogens with one attached hydrogen (secondary N) is 1. The summed E-state index contributed by atoms with van der Waals surface area (Å²) in [7, 11) is 0. The van der Waals surface area contributed by atoms with E-state index in [2.05, 4.69) is 15.4 Å². The van der Waals surface area contributed by atoms with E-state index >= 15 is 0 Å². The molecule has 19 heavy (non-hydrogen) atoms. The fourth-order valence-corrected chi connectivity index (χ4v) is 2.19. The molecule has 2 heterocycles. The predicted molar refractivity (Wildman–Crippen MR) is 65.2 cm³/mol. The smallest absolute Gasteiger partial charge is 0.305 e. The second-order valence-electron chi connectivity index (χ2n) is 4.37. The number of carbonyl (C=O) groups is 2. The summed E-state index contributed by atoms with van der Waals surface area (Å²) in [4.78, 5) is 28.6. The van der Waals surface area contributed by atoms with Crippen LogP contribution in [0.2, 0.25) is 0 Å². The Hall–Kier alpha value is -1.96. The molecule has 1 aliphatic rings. The van der Waals surface area contributed by atoms with Crippen LogP contribution in [0.15, 0.2) is 6.33 Å². The Labute approximate surface area is 110 Å². The molecule has 0 spiro atoms. The Morgan fingerprint density at radius 2 is 2.42 bits per heavy atom. The largest absolute Gasteiger partial charge is 0.481 e. The van der Waals surface area contributed by atoms with E-state index in [1.54, 1.807) is 4.68 Å². The maximum absolute atomic E-state index is 11.8. The third-order valence-electron chi connectivity index (χ3n) is 3.15. The zero-order chi connectivity index (χ0) is 13.8. The Kier molecular flexibility index (Phi) is 4.10. The minimum absolute atomic E-state index is 0.202. The number of carbonyl (C=O) groups excluding carboxylic acids is 1. The molecule has 1 atom stereocenters. The first kappa shape index (κ1) is 13.5. The van der Waals surface area contributed by atoms with Crippen molar-refractivity contribution in [1.82, 2.24) is 25.0 Å². The van der Waals surface area contributed by atoms with Crippen LogP contribution >= 0.6 is 0 Å². The number of carboxylic acids is 1. The van der Waals surface area contributed by atoms with Gasteiger partial charge in [0.05, 0.1) is 13.0 Å². The van der Waals surface area contributed by atoms with E-state index in [0.29, 0.717) is 26.2 Å². The molecule has 1 saturated heterocycles. The van der Waals surface area contributed by atoms with Gasteiger partial charge in [0.15, 0.2) is 0 Å². The van der Waals surface area contributed by atoms with Crippen molar-refractivity contribution in [2.75, 3.05) is 13.1 Å². The van der Waals surface area contributed by atoms with Crippen LogP contribution in [0.5, 0.6) is 0 Å². The van der Waals surface area contributed by atoms with E-state index in [0.717, 1.165) is 5.82 Å². The minimum atomic E-state index is -0.982. The fourth-order valence-electron chi connectivity index (χ4n) is 2.19. The van der Waals surface area contributed by atoms with Gasteiger partial charge in [0.2, 0.25) is 5.91 Å². The topological polar surface area (TPSA) is 100 Å². The van der Waals surface area contributed by atoms with Crippen LogP contribution in [0, 0.1) is 0 Å². The first-order chi connectivity index (χ1) is 9.11. The lowest BCUT2D eigenvalue weighted by molar-refractivity contribution is -0.143. The summed E-state index contributed by atoms with van der Waals surface area (Å²) >= 11 is 0. The van der Waals surface area contributed by atoms with E-state index in [4.69, 9.17) is 5.11 Å². The average molecular weight is 267 g/mol. The van der Waals surface area contributed by atoms with E-state index < -0.39 is 12.0 Å². The highest BCUT2D eigenvalue weighted by Crippen LogP contribution is 2.12. The summed E-state index contributed by atoms with van der Waals surface area (Å²) < 4.78 is 1.74. The van der Waals surface area contributed by atoms with Crippen molar-refractivity contribution >= 4 is 11.9 Å². The van der Waals surface area contributed by atoms with Crippen LogP contribution in [-0.2, 0) is 22.7 Å². The maximum atomic E-state index is 11.8. The van der Waals surface area contributed by atoms with Crippen LogP contribution < -0.4 is 5.32 Å². The molecule has 0 radical (unpaired) electrons. The molecule has 0 saturated carbocycles. The Balaban J connectivity index is 2.11. The summed E-state index contributed by atoms with van der Waals surface area (Å²) in [6.07, 6.45) is 1.27. The van der Waals surface area contributed by atoms with Crippen molar-refractivity contribution in [3.05, 3.63) is 12.2 Å². The zero-order valence-electron chi connectivity index (χ0n) is 10.7. The molecular formula is C11H17N5O3. The maximum Gasteiger partial charge on any atom is 0.305 e. The number of aryl methyl sites for hydroxylation is 1.